The molecule has 0 aromatic heterocycles. The number of Topliss-reactive ketones (excluding diaryl/α,β-unsaturated/α-hetero) is 1. The van der Waals surface area contributed by atoms with Crippen LogP contribution in [0.15, 0.2) is 0 Å². The van der Waals surface area contributed by atoms with Crippen molar-refractivity contribution < 1.29 is 59.7 Å². The molecular formula is C15H25NO12. The number of aliphatic hydroxyl groups is 5. The van der Waals surface area contributed by atoms with Crippen LogP contribution in [-0.2, 0) is 23.9 Å². The number of nitrogens with one attached hydrogen (secondary N) is 1. The number of hydrogen-bond acceptors (Lipinski definition) is 10. The lowest BCUT2D eigenvalue weighted by Crippen LogP contribution is -2.67. The third-order valence-corrected chi connectivity index (χ3v) is 3.77. The third kappa shape index (κ3) is 7.10. The molecule has 1 heterocycles. The van der Waals surface area contributed by atoms with Gasteiger partial charge in [-0.2, -0.15) is 0 Å². The average Bonchev–Trinajstić information content (AvgIpc) is 2.61. The van der Waals surface area contributed by atoms with Crippen molar-refractivity contribution in [1.82, 2.24) is 5.32 Å². The molecular weight excluding hydrogens is 386 g/mol. The molecule has 1 aliphatic rings. The minimum atomic E-state index is -2.78. The standard InChI is InChI=1S/C11H19NO9.C4H6O3/c1-4(14)12-7-5(15)2-11(20,10(18)19)21-9(7)8(17)6(16)3-13;1-2-3(5)4(6)7/h5-9,13,15-17,20H,2-3H2,1H3,(H,12,14)(H,18,19);2H2,1H3,(H,6,7)/t5-,6+,7+,8+,9+,11?;/m0./s1. The Morgan fingerprint density at radius 3 is 2.07 bits per heavy atom. The highest BCUT2D eigenvalue weighted by molar-refractivity contribution is 6.32. The molecule has 0 bridgehead atoms. The third-order valence-electron chi connectivity index (χ3n) is 3.77. The van der Waals surface area contributed by atoms with E-state index in [4.69, 9.17) is 20.1 Å². The summed E-state index contributed by atoms with van der Waals surface area (Å²) in [6, 6.07) is -1.27. The summed E-state index contributed by atoms with van der Waals surface area (Å²) < 4.78 is 4.86. The minimum Gasteiger partial charge on any atom is -0.477 e. The number of aliphatic hydroxyl groups excluding tert-OH is 4. The van der Waals surface area contributed by atoms with Gasteiger partial charge in [0.1, 0.15) is 18.3 Å². The molecule has 1 unspecified atom stereocenters. The summed E-state index contributed by atoms with van der Waals surface area (Å²) in [5.74, 6) is -7.25. The molecule has 0 aromatic carbocycles. The van der Waals surface area contributed by atoms with E-state index in [1.807, 2.05) is 0 Å². The van der Waals surface area contributed by atoms with E-state index in [1.54, 1.807) is 0 Å². The summed E-state index contributed by atoms with van der Waals surface area (Å²) in [6.07, 6.45) is -7.40. The van der Waals surface area contributed by atoms with Gasteiger partial charge in [-0.05, 0) is 0 Å². The van der Waals surface area contributed by atoms with Gasteiger partial charge in [0.05, 0.1) is 18.8 Å². The number of amides is 1. The lowest BCUT2D eigenvalue weighted by molar-refractivity contribution is -0.295. The van der Waals surface area contributed by atoms with Gasteiger partial charge in [-0.1, -0.05) is 6.92 Å². The Morgan fingerprint density at radius 2 is 1.75 bits per heavy atom. The van der Waals surface area contributed by atoms with Crippen LogP contribution in [-0.4, -0.2) is 102 Å². The van der Waals surface area contributed by atoms with Crippen LogP contribution < -0.4 is 5.32 Å². The Bertz CT molecular complexity index is 581. The highest BCUT2D eigenvalue weighted by Gasteiger charge is 2.53. The maximum absolute atomic E-state index is 11.1. The predicted octanol–water partition coefficient (Wildman–Crippen LogP) is -3.82. The average molecular weight is 411 g/mol. The summed E-state index contributed by atoms with van der Waals surface area (Å²) in [6.45, 7) is 1.77. The van der Waals surface area contributed by atoms with Crippen molar-refractivity contribution in [2.24, 2.45) is 0 Å². The van der Waals surface area contributed by atoms with Crippen LogP contribution in [0.4, 0.5) is 0 Å². The van der Waals surface area contributed by atoms with Gasteiger partial charge in [-0.3, -0.25) is 9.59 Å². The van der Waals surface area contributed by atoms with Crippen LogP contribution in [0.3, 0.4) is 0 Å². The predicted molar refractivity (Wildman–Crippen MR) is 87.7 cm³/mol. The Kier molecular flexibility index (Phi) is 10.1. The summed E-state index contributed by atoms with van der Waals surface area (Å²) in [4.78, 5) is 41.6. The van der Waals surface area contributed by atoms with Crippen molar-refractivity contribution in [1.29, 1.82) is 0 Å². The Balaban J connectivity index is 0.000000887. The molecule has 1 aliphatic heterocycles. The topological polar surface area (TPSA) is 231 Å². The fourth-order valence-electron chi connectivity index (χ4n) is 2.29. The summed E-state index contributed by atoms with van der Waals surface area (Å²) in [5.41, 5.74) is 0. The number of aliphatic carboxylic acids is 2. The monoisotopic (exact) mass is 411 g/mol. The molecule has 0 spiro atoms. The van der Waals surface area contributed by atoms with E-state index in [1.165, 1.54) is 6.92 Å². The van der Waals surface area contributed by atoms with E-state index >= 15 is 0 Å². The van der Waals surface area contributed by atoms with E-state index in [-0.39, 0.29) is 6.42 Å². The highest BCUT2D eigenvalue weighted by atomic mass is 16.7. The zero-order chi connectivity index (χ0) is 22.2. The van der Waals surface area contributed by atoms with Gasteiger partial charge in [-0.25, -0.2) is 9.59 Å². The molecule has 1 amide bonds. The zero-order valence-corrected chi connectivity index (χ0v) is 15.2. The molecule has 1 rings (SSSR count). The highest BCUT2D eigenvalue weighted by Crippen LogP contribution is 2.30. The van der Waals surface area contributed by atoms with E-state index < -0.39 is 72.9 Å². The maximum atomic E-state index is 11.1. The smallest absolute Gasteiger partial charge is 0.372 e. The first kappa shape index (κ1) is 25.8. The van der Waals surface area contributed by atoms with Crippen LogP contribution in [0.2, 0.25) is 0 Å². The fourth-order valence-corrected chi connectivity index (χ4v) is 2.29. The van der Waals surface area contributed by atoms with Crippen LogP contribution in [0.25, 0.3) is 0 Å². The van der Waals surface area contributed by atoms with E-state index in [9.17, 15) is 39.6 Å². The second-order valence-corrected chi connectivity index (χ2v) is 5.99. The molecule has 8 N–H and O–H groups in total. The number of carboxylic acids is 2. The van der Waals surface area contributed by atoms with Gasteiger partial charge in [0.15, 0.2) is 0 Å². The second-order valence-electron chi connectivity index (χ2n) is 5.99. The van der Waals surface area contributed by atoms with Crippen LogP contribution in [0.1, 0.15) is 26.7 Å². The SMILES string of the molecule is CC(=O)N[C@H]1[C@H]([C@H](O)[C@H](O)CO)OC(O)(C(=O)O)C[C@@H]1O.CCC(=O)C(=O)O. The van der Waals surface area contributed by atoms with Gasteiger partial charge < -0.3 is 45.8 Å². The molecule has 0 radical (unpaired) electrons. The normalized spacial score (nSPS) is 28.9. The van der Waals surface area contributed by atoms with Crippen molar-refractivity contribution in [3.63, 3.8) is 0 Å². The van der Waals surface area contributed by atoms with Crippen molar-refractivity contribution >= 4 is 23.6 Å². The van der Waals surface area contributed by atoms with Gasteiger partial charge in [0.25, 0.3) is 5.79 Å². The van der Waals surface area contributed by atoms with Crippen molar-refractivity contribution in [3.05, 3.63) is 0 Å². The summed E-state index contributed by atoms with van der Waals surface area (Å²) in [7, 11) is 0. The summed E-state index contributed by atoms with van der Waals surface area (Å²) in [5, 5.41) is 66.8. The van der Waals surface area contributed by atoms with Gasteiger partial charge in [0, 0.05) is 19.8 Å². The van der Waals surface area contributed by atoms with Crippen LogP contribution in [0.5, 0.6) is 0 Å². The molecule has 0 aromatic rings. The minimum absolute atomic E-state index is 0.0787. The van der Waals surface area contributed by atoms with Crippen molar-refractivity contribution in [3.8, 4) is 0 Å². The molecule has 0 aliphatic carbocycles. The van der Waals surface area contributed by atoms with Gasteiger partial charge in [-0.15, -0.1) is 0 Å². The molecule has 13 heteroatoms. The summed E-state index contributed by atoms with van der Waals surface area (Å²) >= 11 is 0. The quantitative estimate of drug-likeness (QED) is 0.188. The lowest BCUT2D eigenvalue weighted by Gasteiger charge is -2.44. The molecule has 6 atom stereocenters. The number of ether oxygens (including phenoxy) is 1. The Labute approximate surface area is 159 Å². The van der Waals surface area contributed by atoms with E-state index in [0.717, 1.165) is 6.92 Å². The number of carbonyl (C=O) groups excluding carboxylic acids is 2. The number of rotatable bonds is 7. The van der Waals surface area contributed by atoms with E-state index in [2.05, 4.69) is 5.32 Å². The first-order valence-electron chi connectivity index (χ1n) is 8.12. The number of hydrogen-bond donors (Lipinski definition) is 8. The zero-order valence-electron chi connectivity index (χ0n) is 15.2. The lowest BCUT2D eigenvalue weighted by atomic mass is 9.88. The molecule has 0 saturated carbocycles. The number of carboxylic acid groups (broad SMARTS) is 2. The number of ketones is 1. The molecule has 13 nitrogen and oxygen atoms in total. The largest absolute Gasteiger partial charge is 0.477 e. The van der Waals surface area contributed by atoms with Crippen molar-refractivity contribution in [2.75, 3.05) is 6.61 Å². The second kappa shape index (κ2) is 11.0. The van der Waals surface area contributed by atoms with Crippen LogP contribution >= 0.6 is 0 Å². The molecule has 162 valence electrons. The maximum Gasteiger partial charge on any atom is 0.372 e. The van der Waals surface area contributed by atoms with Gasteiger partial charge in [0.2, 0.25) is 11.7 Å². The first-order valence-corrected chi connectivity index (χ1v) is 8.12. The fraction of sp³-hybridized carbons (Fsp3) is 0.733. The molecule has 28 heavy (non-hydrogen) atoms. The van der Waals surface area contributed by atoms with Crippen molar-refractivity contribution in [2.45, 2.75) is 62.9 Å². The van der Waals surface area contributed by atoms with Gasteiger partial charge >= 0.3 is 11.9 Å². The van der Waals surface area contributed by atoms with E-state index in [0.29, 0.717) is 0 Å². The number of carbonyl (C=O) groups is 4. The Hall–Kier alpha value is -2.16. The Morgan fingerprint density at radius 1 is 1.21 bits per heavy atom. The van der Waals surface area contributed by atoms with Crippen LogP contribution in [0, 0.1) is 0 Å². The molecule has 1 saturated heterocycles. The molecule has 1 fully saturated rings. The first-order chi connectivity index (χ1) is 12.8.